The van der Waals surface area contributed by atoms with Crippen LogP contribution in [0.5, 0.6) is 11.5 Å². The van der Waals surface area contributed by atoms with E-state index in [1.54, 1.807) is 19.1 Å². The van der Waals surface area contributed by atoms with E-state index in [9.17, 15) is 4.79 Å². The van der Waals surface area contributed by atoms with Gasteiger partial charge in [-0.15, -0.1) is 0 Å². The summed E-state index contributed by atoms with van der Waals surface area (Å²) in [7, 11) is 0. The van der Waals surface area contributed by atoms with Gasteiger partial charge in [-0.05, 0) is 61.6 Å². The molecule has 0 saturated heterocycles. The first kappa shape index (κ1) is 23.5. The molecule has 0 bridgehead atoms. The van der Waals surface area contributed by atoms with Crippen LogP contribution in [0.25, 0.3) is 0 Å². The predicted octanol–water partition coefficient (Wildman–Crippen LogP) is 5.30. The lowest BCUT2D eigenvalue weighted by Crippen LogP contribution is -2.34. The van der Waals surface area contributed by atoms with Gasteiger partial charge in [0.05, 0.1) is 42.2 Å². The zero-order valence-corrected chi connectivity index (χ0v) is 20.1. The van der Waals surface area contributed by atoms with Gasteiger partial charge in [0.25, 0.3) is 0 Å². The Balaban J connectivity index is 1.65. The number of ether oxygens (including phenoxy) is 3. The number of carbonyl (C=O) groups is 1. The van der Waals surface area contributed by atoms with E-state index >= 15 is 0 Å². The molecule has 7 nitrogen and oxygen atoms in total. The van der Waals surface area contributed by atoms with E-state index < -0.39 is 0 Å². The summed E-state index contributed by atoms with van der Waals surface area (Å²) in [6.45, 7) is 6.63. The number of thioether (sulfide) groups is 1. The summed E-state index contributed by atoms with van der Waals surface area (Å²) in [5, 5.41) is 11.7. The fraction of sp³-hybridized carbons (Fsp3) is 0.269. The lowest BCUT2D eigenvalue weighted by molar-refractivity contribution is -0.139. The Hall–Kier alpha value is -3.70. The molecule has 2 aromatic carbocycles. The summed E-state index contributed by atoms with van der Waals surface area (Å²) >= 11 is 1.51. The molecular weight excluding hydrogens is 450 g/mol. The van der Waals surface area contributed by atoms with E-state index in [1.165, 1.54) is 11.8 Å². The molecule has 8 heteroatoms. The highest BCUT2D eigenvalue weighted by Crippen LogP contribution is 2.43. The number of esters is 1. The first-order chi connectivity index (χ1) is 16.5. The molecule has 0 unspecified atom stereocenters. The Bertz CT molecular complexity index is 1210. The van der Waals surface area contributed by atoms with Crippen molar-refractivity contribution in [3.63, 3.8) is 0 Å². The third-order valence-electron chi connectivity index (χ3n) is 5.38. The average Bonchev–Trinajstić information content (AvgIpc) is 3.31. The minimum atomic E-state index is -0.385. The zero-order chi connectivity index (χ0) is 24.1. The number of carbonyl (C=O) groups excluding carboxylic acids is 1. The van der Waals surface area contributed by atoms with E-state index in [0.29, 0.717) is 41.5 Å². The van der Waals surface area contributed by atoms with Crippen LogP contribution in [0, 0.1) is 11.3 Å². The van der Waals surface area contributed by atoms with Crippen molar-refractivity contribution in [3.05, 3.63) is 82.0 Å². The highest BCUT2D eigenvalue weighted by Gasteiger charge is 2.37. The maximum atomic E-state index is 12.9. The van der Waals surface area contributed by atoms with Gasteiger partial charge in [0.1, 0.15) is 6.61 Å². The molecule has 1 atom stereocenters. The van der Waals surface area contributed by atoms with Gasteiger partial charge in [0, 0.05) is 6.20 Å². The highest BCUT2D eigenvalue weighted by atomic mass is 32.2. The summed E-state index contributed by atoms with van der Waals surface area (Å²) in [6.07, 6.45) is 1.93. The second kappa shape index (κ2) is 10.5. The summed E-state index contributed by atoms with van der Waals surface area (Å²) in [6, 6.07) is 14.7. The number of nitriles is 1. The summed E-state index contributed by atoms with van der Waals surface area (Å²) in [5.74, 6) is 0.816. The SMILES string of the molecule is CCOC(=O)C1=C(C)N=C2SC=CN2[C@@H]1c1ccc(OCc2ccc(C#N)cc2)c(OCC)c1. The van der Waals surface area contributed by atoms with Crippen molar-refractivity contribution in [1.82, 2.24) is 4.90 Å². The van der Waals surface area contributed by atoms with Crippen molar-refractivity contribution >= 4 is 22.9 Å². The summed E-state index contributed by atoms with van der Waals surface area (Å²) in [4.78, 5) is 19.5. The Kier molecular flexibility index (Phi) is 7.24. The van der Waals surface area contributed by atoms with Gasteiger partial charge in [-0.2, -0.15) is 5.26 Å². The molecule has 4 rings (SSSR count). The van der Waals surface area contributed by atoms with Gasteiger partial charge in [0.2, 0.25) is 0 Å². The van der Waals surface area contributed by atoms with Crippen molar-refractivity contribution in [2.45, 2.75) is 33.4 Å². The van der Waals surface area contributed by atoms with E-state index in [4.69, 9.17) is 19.5 Å². The molecule has 174 valence electrons. The topological polar surface area (TPSA) is 84.1 Å². The van der Waals surface area contributed by atoms with E-state index in [-0.39, 0.29) is 18.6 Å². The minimum absolute atomic E-state index is 0.288. The van der Waals surface area contributed by atoms with Crippen molar-refractivity contribution in [1.29, 1.82) is 5.26 Å². The molecule has 0 aromatic heterocycles. The highest BCUT2D eigenvalue weighted by molar-refractivity contribution is 8.16. The summed E-state index contributed by atoms with van der Waals surface area (Å²) in [5.41, 5.74) is 3.57. The van der Waals surface area contributed by atoms with Gasteiger partial charge < -0.3 is 19.1 Å². The van der Waals surface area contributed by atoms with Crippen LogP contribution in [0.3, 0.4) is 0 Å². The smallest absolute Gasteiger partial charge is 0.338 e. The third-order valence-corrected chi connectivity index (χ3v) is 6.15. The molecule has 2 aromatic rings. The third kappa shape index (κ3) is 4.80. The zero-order valence-electron chi connectivity index (χ0n) is 19.3. The number of hydrogen-bond donors (Lipinski definition) is 0. The molecule has 0 spiro atoms. The normalized spacial score (nSPS) is 16.6. The van der Waals surface area contributed by atoms with Gasteiger partial charge in [-0.1, -0.05) is 30.0 Å². The molecule has 0 aliphatic carbocycles. The molecule has 0 amide bonds. The molecule has 34 heavy (non-hydrogen) atoms. The molecule has 2 aliphatic rings. The molecule has 0 N–H and O–H groups in total. The van der Waals surface area contributed by atoms with Crippen LogP contribution in [0.15, 0.2) is 70.3 Å². The fourth-order valence-corrected chi connectivity index (χ4v) is 4.61. The van der Waals surface area contributed by atoms with Crippen molar-refractivity contribution in [2.24, 2.45) is 4.99 Å². The van der Waals surface area contributed by atoms with Gasteiger partial charge in [-0.3, -0.25) is 0 Å². The molecule has 0 fully saturated rings. The van der Waals surface area contributed by atoms with Crippen molar-refractivity contribution in [3.8, 4) is 17.6 Å². The van der Waals surface area contributed by atoms with Crippen molar-refractivity contribution in [2.75, 3.05) is 13.2 Å². The van der Waals surface area contributed by atoms with Gasteiger partial charge in [0.15, 0.2) is 16.7 Å². The maximum absolute atomic E-state index is 12.9. The molecule has 2 aliphatic heterocycles. The van der Waals surface area contributed by atoms with E-state index in [1.807, 2.05) is 60.7 Å². The number of nitrogens with zero attached hydrogens (tertiary/aromatic N) is 3. The van der Waals surface area contributed by atoms with Crippen LogP contribution in [0.1, 0.15) is 43.5 Å². The lowest BCUT2D eigenvalue weighted by Gasteiger charge is -2.33. The number of allylic oxidation sites excluding steroid dienone is 1. The van der Waals surface area contributed by atoms with Crippen LogP contribution in [0.2, 0.25) is 0 Å². The number of fused-ring (bicyclic) bond motifs is 1. The van der Waals surface area contributed by atoms with E-state index in [2.05, 4.69) is 11.1 Å². The Morgan fingerprint density at radius 1 is 1.12 bits per heavy atom. The van der Waals surface area contributed by atoms with Crippen LogP contribution >= 0.6 is 11.8 Å². The quantitative estimate of drug-likeness (QED) is 0.479. The number of rotatable bonds is 8. The number of benzene rings is 2. The molecular formula is C26H25N3O4S. The largest absolute Gasteiger partial charge is 0.490 e. The summed E-state index contributed by atoms with van der Waals surface area (Å²) < 4.78 is 17.3. The fourth-order valence-electron chi connectivity index (χ4n) is 3.82. The molecule has 0 radical (unpaired) electrons. The number of aliphatic imine (C=N–C) groups is 1. The monoisotopic (exact) mass is 475 g/mol. The van der Waals surface area contributed by atoms with Crippen LogP contribution in [-0.2, 0) is 16.1 Å². The van der Waals surface area contributed by atoms with Crippen LogP contribution < -0.4 is 9.47 Å². The van der Waals surface area contributed by atoms with Gasteiger partial charge in [-0.25, -0.2) is 9.79 Å². The minimum Gasteiger partial charge on any atom is -0.490 e. The number of amidine groups is 1. The van der Waals surface area contributed by atoms with Gasteiger partial charge >= 0.3 is 5.97 Å². The Labute approximate surface area is 203 Å². The standard InChI is InChI=1S/C26H25N3O4S/c1-4-31-22-14-20(10-11-21(22)33-16-19-8-6-18(15-27)7-9-19)24-23(25(30)32-5-2)17(3)28-26-29(24)12-13-34-26/h6-14,24H,4-5,16H2,1-3H3/t24-/m1/s1. The maximum Gasteiger partial charge on any atom is 0.338 e. The number of hydrogen-bond acceptors (Lipinski definition) is 8. The van der Waals surface area contributed by atoms with E-state index in [0.717, 1.165) is 16.3 Å². The molecule has 0 saturated carbocycles. The average molecular weight is 476 g/mol. The second-order valence-electron chi connectivity index (χ2n) is 7.56. The van der Waals surface area contributed by atoms with Crippen molar-refractivity contribution < 1.29 is 19.0 Å². The Morgan fingerprint density at radius 3 is 2.62 bits per heavy atom. The van der Waals surface area contributed by atoms with Crippen LogP contribution in [-0.4, -0.2) is 29.3 Å². The first-order valence-corrected chi connectivity index (χ1v) is 11.9. The lowest BCUT2D eigenvalue weighted by atomic mass is 9.94. The van der Waals surface area contributed by atoms with Crippen LogP contribution in [0.4, 0.5) is 0 Å². The Morgan fingerprint density at radius 2 is 1.91 bits per heavy atom. The second-order valence-corrected chi connectivity index (χ2v) is 8.44. The predicted molar refractivity (Wildman–Crippen MR) is 131 cm³/mol. The molecule has 2 heterocycles. The first-order valence-electron chi connectivity index (χ1n) is 11.0.